The molecule has 9 heteroatoms. The van der Waals surface area contributed by atoms with Crippen LogP contribution in [0.5, 0.6) is 0 Å². The average molecular weight is 515 g/mol. The molecule has 1 unspecified atom stereocenters. The van der Waals surface area contributed by atoms with Gasteiger partial charge in [0.1, 0.15) is 5.82 Å². The smallest absolute Gasteiger partial charge is 0.229 e. The Bertz CT molecular complexity index is 1150. The number of carbonyl (C=O) groups is 1. The van der Waals surface area contributed by atoms with Crippen LogP contribution in [-0.4, -0.2) is 85.1 Å². The quantitative estimate of drug-likeness (QED) is 0.647. The lowest BCUT2D eigenvalue weighted by atomic mass is 9.56. The van der Waals surface area contributed by atoms with E-state index >= 15 is 0 Å². The van der Waals surface area contributed by atoms with Crippen LogP contribution in [-0.2, 0) is 14.3 Å². The van der Waals surface area contributed by atoms with Crippen molar-refractivity contribution in [2.75, 3.05) is 62.8 Å². The molecule has 0 radical (unpaired) electrons. The van der Waals surface area contributed by atoms with Gasteiger partial charge in [-0.25, -0.2) is 4.98 Å². The van der Waals surface area contributed by atoms with Gasteiger partial charge in [-0.1, -0.05) is 11.6 Å². The zero-order valence-corrected chi connectivity index (χ0v) is 21.6. The van der Waals surface area contributed by atoms with Gasteiger partial charge in [0.15, 0.2) is 0 Å². The van der Waals surface area contributed by atoms with Crippen LogP contribution < -0.4 is 10.2 Å². The lowest BCUT2D eigenvalue weighted by molar-refractivity contribution is -0.138. The number of ether oxygens (including phenoxy) is 2. The highest BCUT2D eigenvalue weighted by atomic mass is 35.5. The summed E-state index contributed by atoms with van der Waals surface area (Å²) in [6.45, 7) is 7.84. The van der Waals surface area contributed by atoms with Crippen molar-refractivity contribution in [1.82, 2.24) is 9.88 Å². The zero-order valence-electron chi connectivity index (χ0n) is 20.8. The molecule has 1 saturated carbocycles. The number of benzene rings is 1. The summed E-state index contributed by atoms with van der Waals surface area (Å²) < 4.78 is 11.1. The van der Waals surface area contributed by atoms with Gasteiger partial charge in [-0.05, 0) is 61.6 Å². The lowest BCUT2D eigenvalue weighted by Gasteiger charge is -2.50. The van der Waals surface area contributed by atoms with Gasteiger partial charge in [0.25, 0.3) is 0 Å². The van der Waals surface area contributed by atoms with Crippen molar-refractivity contribution in [3.63, 3.8) is 0 Å². The molecule has 6 rings (SSSR count). The molecule has 1 aromatic heterocycles. The first-order valence-electron chi connectivity index (χ1n) is 13.1. The molecular weight excluding hydrogens is 480 g/mol. The number of nitrogens with one attached hydrogen (secondary N) is 1. The van der Waals surface area contributed by atoms with Crippen molar-refractivity contribution in [2.24, 2.45) is 11.3 Å². The first-order valence-corrected chi connectivity index (χ1v) is 13.5. The molecule has 1 amide bonds. The summed E-state index contributed by atoms with van der Waals surface area (Å²) in [5.41, 5.74) is 0.766. The van der Waals surface area contributed by atoms with Gasteiger partial charge >= 0.3 is 0 Å². The number of amides is 1. The number of hydrogen-bond donors (Lipinski definition) is 2. The summed E-state index contributed by atoms with van der Waals surface area (Å²) in [6, 6.07) is 6.01. The SMILES string of the molecule is C[C@]1(N2CCN(c3cc4cc(NC(=O)C5CCC56CCOCC6)ncc4cc3Cl)CC2)COC[C@H]1O. The van der Waals surface area contributed by atoms with E-state index in [9.17, 15) is 9.90 Å². The van der Waals surface area contributed by atoms with Crippen LogP contribution >= 0.6 is 11.6 Å². The van der Waals surface area contributed by atoms with Crippen LogP contribution in [0.15, 0.2) is 24.4 Å². The van der Waals surface area contributed by atoms with Crippen molar-refractivity contribution in [3.8, 4) is 0 Å². The lowest BCUT2D eigenvalue weighted by Crippen LogP contribution is -2.60. The van der Waals surface area contributed by atoms with Crippen LogP contribution in [0.2, 0.25) is 5.02 Å². The number of nitrogens with zero attached hydrogens (tertiary/aromatic N) is 3. The van der Waals surface area contributed by atoms with E-state index in [0.717, 1.165) is 81.5 Å². The normalized spacial score (nSPS) is 30.5. The van der Waals surface area contributed by atoms with Gasteiger partial charge < -0.3 is 24.8 Å². The number of pyridine rings is 1. The zero-order chi connectivity index (χ0) is 24.9. The third-order valence-corrected chi connectivity index (χ3v) is 9.55. The maximum Gasteiger partial charge on any atom is 0.229 e. The Morgan fingerprint density at radius 1 is 1.11 bits per heavy atom. The number of hydrogen-bond acceptors (Lipinski definition) is 7. The van der Waals surface area contributed by atoms with E-state index in [1.807, 2.05) is 12.1 Å². The fourth-order valence-electron chi connectivity index (χ4n) is 6.57. The van der Waals surface area contributed by atoms with E-state index in [2.05, 4.69) is 33.1 Å². The number of carbonyl (C=O) groups excluding carboxylic acids is 1. The van der Waals surface area contributed by atoms with Gasteiger partial charge in [-0.3, -0.25) is 9.69 Å². The van der Waals surface area contributed by atoms with Gasteiger partial charge in [-0.2, -0.15) is 0 Å². The molecule has 1 aliphatic carbocycles. The summed E-state index contributed by atoms with van der Waals surface area (Å²) in [5.74, 6) is 0.705. The summed E-state index contributed by atoms with van der Waals surface area (Å²) in [6.07, 6.45) is 5.31. The van der Waals surface area contributed by atoms with Crippen molar-refractivity contribution >= 4 is 39.8 Å². The molecule has 3 aliphatic heterocycles. The second-order valence-electron chi connectivity index (χ2n) is 11.1. The largest absolute Gasteiger partial charge is 0.389 e. The fraction of sp³-hybridized carbons (Fsp3) is 0.630. The van der Waals surface area contributed by atoms with Crippen LogP contribution in [0.1, 0.15) is 32.6 Å². The van der Waals surface area contributed by atoms with Crippen molar-refractivity contribution < 1.29 is 19.4 Å². The Labute approximate surface area is 216 Å². The van der Waals surface area contributed by atoms with E-state index < -0.39 is 6.10 Å². The first-order chi connectivity index (χ1) is 17.4. The first kappa shape index (κ1) is 24.4. The number of aromatic nitrogens is 1. The molecule has 2 aromatic rings. The second-order valence-corrected chi connectivity index (χ2v) is 11.5. The summed E-state index contributed by atoms with van der Waals surface area (Å²) in [5, 5.41) is 16.2. The maximum atomic E-state index is 13.1. The van der Waals surface area contributed by atoms with Crippen LogP contribution in [0.3, 0.4) is 0 Å². The topological polar surface area (TPSA) is 87.2 Å². The van der Waals surface area contributed by atoms with Crippen molar-refractivity contribution in [3.05, 3.63) is 29.4 Å². The predicted octanol–water partition coefficient (Wildman–Crippen LogP) is 3.31. The summed E-state index contributed by atoms with van der Waals surface area (Å²) in [4.78, 5) is 22.2. The van der Waals surface area contributed by atoms with E-state index in [1.54, 1.807) is 6.20 Å². The van der Waals surface area contributed by atoms with Crippen molar-refractivity contribution in [1.29, 1.82) is 0 Å². The van der Waals surface area contributed by atoms with Crippen LogP contribution in [0.4, 0.5) is 11.5 Å². The van der Waals surface area contributed by atoms with E-state index in [0.29, 0.717) is 24.1 Å². The Hall–Kier alpha value is -1.97. The molecule has 4 heterocycles. The average Bonchev–Trinajstić information content (AvgIpc) is 3.22. The number of aliphatic hydroxyl groups is 1. The molecular formula is C27H35ClN4O4. The van der Waals surface area contributed by atoms with Crippen LogP contribution in [0, 0.1) is 11.3 Å². The number of rotatable bonds is 4. The minimum absolute atomic E-state index is 0.0432. The number of piperazine rings is 1. The summed E-state index contributed by atoms with van der Waals surface area (Å²) in [7, 11) is 0. The number of anilines is 2. The Kier molecular flexibility index (Phi) is 6.37. The highest BCUT2D eigenvalue weighted by molar-refractivity contribution is 6.34. The molecule has 1 spiro atoms. The maximum absolute atomic E-state index is 13.1. The van der Waals surface area contributed by atoms with E-state index in [1.165, 1.54) is 0 Å². The number of halogens is 1. The Balaban J connectivity index is 1.16. The highest BCUT2D eigenvalue weighted by Crippen LogP contribution is 2.53. The third kappa shape index (κ3) is 4.17. The molecule has 1 aromatic carbocycles. The number of fused-ring (bicyclic) bond motifs is 1. The van der Waals surface area contributed by atoms with E-state index in [4.69, 9.17) is 21.1 Å². The van der Waals surface area contributed by atoms with Crippen molar-refractivity contribution in [2.45, 2.75) is 44.2 Å². The molecule has 4 aliphatic rings. The molecule has 3 atom stereocenters. The number of aliphatic hydroxyl groups excluding tert-OH is 1. The van der Waals surface area contributed by atoms with Gasteiger partial charge in [0.2, 0.25) is 5.91 Å². The predicted molar refractivity (Wildman–Crippen MR) is 140 cm³/mol. The minimum Gasteiger partial charge on any atom is -0.389 e. The van der Waals surface area contributed by atoms with Gasteiger partial charge in [-0.15, -0.1) is 0 Å². The molecule has 8 nitrogen and oxygen atoms in total. The Morgan fingerprint density at radius 3 is 2.56 bits per heavy atom. The molecule has 4 fully saturated rings. The molecule has 194 valence electrons. The third-order valence-electron chi connectivity index (χ3n) is 9.24. The summed E-state index contributed by atoms with van der Waals surface area (Å²) >= 11 is 6.70. The minimum atomic E-state index is -0.462. The van der Waals surface area contributed by atoms with E-state index in [-0.39, 0.29) is 22.8 Å². The van der Waals surface area contributed by atoms with Gasteiger partial charge in [0, 0.05) is 56.9 Å². The van der Waals surface area contributed by atoms with Gasteiger partial charge in [0.05, 0.1) is 35.6 Å². The standard InChI is InChI=1S/C27H35ClN4O4/c1-26(17-36-16-23(26)33)32-8-6-31(7-9-32)22-13-18-14-24(29-15-19(18)12-21(22)28)30-25(34)20-2-3-27(20)4-10-35-11-5-27/h12-15,20,23,33H,2-11,16-17H2,1H3,(H,29,30,34)/t20?,23-,26+/m1/s1. The molecule has 36 heavy (non-hydrogen) atoms. The molecule has 0 bridgehead atoms. The monoisotopic (exact) mass is 514 g/mol. The molecule has 2 N–H and O–H groups in total. The second kappa shape index (κ2) is 9.40. The highest BCUT2D eigenvalue weighted by Gasteiger charge is 2.51. The molecule has 3 saturated heterocycles. The Morgan fingerprint density at radius 2 is 1.89 bits per heavy atom. The fourth-order valence-corrected chi connectivity index (χ4v) is 6.87. The van der Waals surface area contributed by atoms with Crippen LogP contribution in [0.25, 0.3) is 10.8 Å².